The van der Waals surface area contributed by atoms with E-state index in [1.54, 1.807) is 24.3 Å². The lowest BCUT2D eigenvalue weighted by Crippen LogP contribution is -2.56. The second-order valence-electron chi connectivity index (χ2n) is 5.38. The molecule has 7 nitrogen and oxygen atoms in total. The number of rotatable bonds is 5. The van der Waals surface area contributed by atoms with Crippen LogP contribution in [0.4, 0.5) is 5.82 Å². The maximum Gasteiger partial charge on any atom is 0.243 e. The number of nitriles is 1. The number of nitrogens with one attached hydrogen (secondary N) is 1. The Bertz CT molecular complexity index is 852. The Labute approximate surface area is 140 Å². The zero-order valence-corrected chi connectivity index (χ0v) is 13.8. The molecule has 0 amide bonds. The van der Waals surface area contributed by atoms with Gasteiger partial charge in [0.25, 0.3) is 0 Å². The van der Waals surface area contributed by atoms with E-state index in [1.807, 2.05) is 6.07 Å². The van der Waals surface area contributed by atoms with Gasteiger partial charge >= 0.3 is 0 Å². The van der Waals surface area contributed by atoms with Crippen LogP contribution in [0.3, 0.4) is 0 Å². The molecule has 1 aliphatic rings. The van der Waals surface area contributed by atoms with Gasteiger partial charge in [-0.2, -0.15) is 9.57 Å². The molecule has 24 heavy (non-hydrogen) atoms. The highest BCUT2D eigenvalue weighted by Gasteiger charge is 2.36. The van der Waals surface area contributed by atoms with Crippen molar-refractivity contribution in [2.24, 2.45) is 0 Å². The molecule has 1 aromatic carbocycles. The standard InChI is InChI=1S/C16H16N4O3S/c1-23-14-3-5-15(6-4-14)24(21,22)20-10-13(11-20)19-16-7-2-12(8-17)9-18-16/h2-7,9,13H,10-11H2,1H3,(H,18,19). The van der Waals surface area contributed by atoms with Gasteiger partial charge in [0.1, 0.15) is 17.6 Å². The number of hydrogen-bond donors (Lipinski definition) is 1. The first-order valence-electron chi connectivity index (χ1n) is 7.30. The van der Waals surface area contributed by atoms with Crippen LogP contribution in [-0.4, -0.2) is 43.9 Å². The Morgan fingerprint density at radius 3 is 2.50 bits per heavy atom. The molecule has 1 fully saturated rings. The van der Waals surface area contributed by atoms with Crippen LogP contribution < -0.4 is 10.1 Å². The molecule has 0 radical (unpaired) electrons. The smallest absolute Gasteiger partial charge is 0.243 e. The lowest BCUT2D eigenvalue weighted by molar-refractivity contribution is 0.280. The van der Waals surface area contributed by atoms with Gasteiger partial charge in [-0.25, -0.2) is 13.4 Å². The highest BCUT2D eigenvalue weighted by atomic mass is 32.2. The highest BCUT2D eigenvalue weighted by molar-refractivity contribution is 7.89. The van der Waals surface area contributed by atoms with Crippen molar-refractivity contribution in [1.29, 1.82) is 5.26 Å². The van der Waals surface area contributed by atoms with Gasteiger partial charge in [-0.15, -0.1) is 0 Å². The van der Waals surface area contributed by atoms with Gasteiger partial charge in [0.15, 0.2) is 0 Å². The van der Waals surface area contributed by atoms with Crippen LogP contribution >= 0.6 is 0 Å². The van der Waals surface area contributed by atoms with E-state index in [2.05, 4.69) is 10.3 Å². The highest BCUT2D eigenvalue weighted by Crippen LogP contribution is 2.24. The summed E-state index contributed by atoms with van der Waals surface area (Å²) in [6.07, 6.45) is 1.48. The van der Waals surface area contributed by atoms with E-state index in [-0.39, 0.29) is 10.9 Å². The van der Waals surface area contributed by atoms with E-state index in [9.17, 15) is 8.42 Å². The molecule has 8 heteroatoms. The quantitative estimate of drug-likeness (QED) is 0.882. The van der Waals surface area contributed by atoms with Crippen molar-refractivity contribution in [3.8, 4) is 11.8 Å². The largest absolute Gasteiger partial charge is 0.497 e. The minimum atomic E-state index is -3.49. The number of pyridine rings is 1. The molecular formula is C16H16N4O3S. The summed E-state index contributed by atoms with van der Waals surface area (Å²) in [4.78, 5) is 4.37. The number of aromatic nitrogens is 1. The van der Waals surface area contributed by atoms with E-state index in [4.69, 9.17) is 10.00 Å². The Hall–Kier alpha value is -2.63. The first-order chi connectivity index (χ1) is 11.5. The van der Waals surface area contributed by atoms with Crippen molar-refractivity contribution in [2.75, 3.05) is 25.5 Å². The van der Waals surface area contributed by atoms with Crippen LogP contribution in [0.15, 0.2) is 47.5 Å². The fourth-order valence-corrected chi connectivity index (χ4v) is 3.91. The minimum Gasteiger partial charge on any atom is -0.497 e. The van der Waals surface area contributed by atoms with E-state index in [0.717, 1.165) is 0 Å². The van der Waals surface area contributed by atoms with Crippen molar-refractivity contribution in [3.63, 3.8) is 0 Å². The molecule has 2 heterocycles. The maximum atomic E-state index is 12.5. The molecule has 2 aromatic rings. The third kappa shape index (κ3) is 3.18. The monoisotopic (exact) mass is 344 g/mol. The zero-order chi connectivity index (χ0) is 17.2. The molecule has 0 unspecified atom stereocenters. The fraction of sp³-hybridized carbons (Fsp3) is 0.250. The summed E-state index contributed by atoms with van der Waals surface area (Å²) in [5, 5.41) is 11.9. The van der Waals surface area contributed by atoms with Gasteiger partial charge in [0.05, 0.1) is 23.6 Å². The number of methoxy groups -OCH3 is 1. The predicted octanol–water partition coefficient (Wildman–Crippen LogP) is 1.45. The molecular weight excluding hydrogens is 328 g/mol. The maximum absolute atomic E-state index is 12.5. The van der Waals surface area contributed by atoms with Crippen LogP contribution in [0.1, 0.15) is 5.56 Å². The van der Waals surface area contributed by atoms with E-state index < -0.39 is 10.0 Å². The predicted molar refractivity (Wildman–Crippen MR) is 88.1 cm³/mol. The lowest BCUT2D eigenvalue weighted by Gasteiger charge is -2.38. The molecule has 0 aliphatic carbocycles. The molecule has 0 saturated carbocycles. The average Bonchev–Trinajstić information content (AvgIpc) is 2.58. The summed E-state index contributed by atoms with van der Waals surface area (Å²) in [5.41, 5.74) is 0.484. The van der Waals surface area contributed by atoms with E-state index >= 15 is 0 Å². The van der Waals surface area contributed by atoms with Crippen molar-refractivity contribution >= 4 is 15.8 Å². The second-order valence-corrected chi connectivity index (χ2v) is 7.32. The number of nitrogens with zero attached hydrogens (tertiary/aromatic N) is 3. The molecule has 1 aliphatic heterocycles. The Morgan fingerprint density at radius 2 is 1.96 bits per heavy atom. The summed E-state index contributed by atoms with van der Waals surface area (Å²) < 4.78 is 31.5. The fourth-order valence-electron chi connectivity index (χ4n) is 2.38. The molecule has 0 bridgehead atoms. The second kappa shape index (κ2) is 6.47. The summed E-state index contributed by atoms with van der Waals surface area (Å²) in [6, 6.07) is 11.7. The molecule has 1 aromatic heterocycles. The van der Waals surface area contributed by atoms with Crippen molar-refractivity contribution < 1.29 is 13.2 Å². The normalized spacial score (nSPS) is 15.3. The average molecular weight is 344 g/mol. The Balaban J connectivity index is 1.61. The van der Waals surface area contributed by atoms with Gasteiger partial charge < -0.3 is 10.1 Å². The molecule has 1 saturated heterocycles. The lowest BCUT2D eigenvalue weighted by atomic mass is 10.2. The molecule has 3 rings (SSSR count). The summed E-state index contributed by atoms with van der Waals surface area (Å²) >= 11 is 0. The number of sulfonamides is 1. The number of benzene rings is 1. The zero-order valence-electron chi connectivity index (χ0n) is 13.0. The van der Waals surface area contributed by atoms with Crippen LogP contribution in [0.2, 0.25) is 0 Å². The minimum absolute atomic E-state index is 0.00143. The summed E-state index contributed by atoms with van der Waals surface area (Å²) in [5.74, 6) is 1.24. The van der Waals surface area contributed by atoms with Crippen LogP contribution in [0.5, 0.6) is 5.75 Å². The third-order valence-electron chi connectivity index (χ3n) is 3.79. The molecule has 0 spiro atoms. The van der Waals surface area contributed by atoms with E-state index in [1.165, 1.54) is 29.7 Å². The van der Waals surface area contributed by atoms with Gasteiger partial charge in [-0.3, -0.25) is 0 Å². The van der Waals surface area contributed by atoms with Gasteiger partial charge in [-0.05, 0) is 36.4 Å². The molecule has 0 atom stereocenters. The van der Waals surface area contributed by atoms with Crippen LogP contribution in [0.25, 0.3) is 0 Å². The Morgan fingerprint density at radius 1 is 1.25 bits per heavy atom. The van der Waals surface area contributed by atoms with Crippen molar-refractivity contribution in [1.82, 2.24) is 9.29 Å². The van der Waals surface area contributed by atoms with E-state index in [0.29, 0.717) is 30.2 Å². The summed E-state index contributed by atoms with van der Waals surface area (Å²) in [7, 11) is -1.95. The van der Waals surface area contributed by atoms with Crippen molar-refractivity contribution in [3.05, 3.63) is 48.2 Å². The Kier molecular flexibility index (Phi) is 4.38. The van der Waals surface area contributed by atoms with Gasteiger partial charge in [-0.1, -0.05) is 0 Å². The van der Waals surface area contributed by atoms with Gasteiger partial charge in [0, 0.05) is 19.3 Å². The first kappa shape index (κ1) is 16.2. The molecule has 1 N–H and O–H groups in total. The summed E-state index contributed by atoms with van der Waals surface area (Å²) in [6.45, 7) is 0.742. The SMILES string of the molecule is COc1ccc(S(=O)(=O)N2CC(Nc3ccc(C#N)cn3)C2)cc1. The van der Waals surface area contributed by atoms with Crippen LogP contribution in [0, 0.1) is 11.3 Å². The van der Waals surface area contributed by atoms with Gasteiger partial charge in [0.2, 0.25) is 10.0 Å². The van der Waals surface area contributed by atoms with Crippen LogP contribution in [-0.2, 0) is 10.0 Å². The topological polar surface area (TPSA) is 95.3 Å². The third-order valence-corrected chi connectivity index (χ3v) is 5.64. The number of hydrogen-bond acceptors (Lipinski definition) is 6. The molecule has 124 valence electrons. The van der Waals surface area contributed by atoms with Crippen molar-refractivity contribution in [2.45, 2.75) is 10.9 Å². The first-order valence-corrected chi connectivity index (χ1v) is 8.74. The number of anilines is 1. The number of ether oxygens (including phenoxy) is 1.